The van der Waals surface area contributed by atoms with Gasteiger partial charge in [0.2, 0.25) is 11.6 Å². The fourth-order valence-corrected chi connectivity index (χ4v) is 2.90. The number of nitrogens with zero attached hydrogens (tertiary/aromatic N) is 2. The lowest BCUT2D eigenvalue weighted by molar-refractivity contribution is -0.112. The topological polar surface area (TPSA) is 95.7 Å². The molecule has 0 fully saturated rings. The Morgan fingerprint density at radius 1 is 1.15 bits per heavy atom. The first-order valence-electron chi connectivity index (χ1n) is 7.81. The summed E-state index contributed by atoms with van der Waals surface area (Å²) in [7, 11) is 4.55. The van der Waals surface area contributed by atoms with E-state index in [1.165, 1.54) is 38.7 Å². The number of nitrogens with one attached hydrogen (secondary N) is 1. The largest absolute Gasteiger partial charge is 0.493 e. The van der Waals surface area contributed by atoms with E-state index in [9.17, 15) is 4.79 Å². The van der Waals surface area contributed by atoms with Gasteiger partial charge in [-0.3, -0.25) is 10.1 Å². The molecule has 0 aliphatic rings. The summed E-state index contributed by atoms with van der Waals surface area (Å²) in [5.74, 6) is 1.19. The van der Waals surface area contributed by atoms with Gasteiger partial charge >= 0.3 is 6.01 Å². The molecular formula is C18H17N3O5S. The summed E-state index contributed by atoms with van der Waals surface area (Å²) in [5, 5.41) is 12.2. The predicted octanol–water partition coefficient (Wildman–Crippen LogP) is 3.48. The van der Waals surface area contributed by atoms with Crippen LogP contribution in [0, 0.1) is 0 Å². The fraction of sp³-hybridized carbons (Fsp3) is 0.167. The number of aromatic nitrogens is 2. The van der Waals surface area contributed by atoms with Gasteiger partial charge in [-0.15, -0.1) is 16.4 Å². The lowest BCUT2D eigenvalue weighted by Crippen LogP contribution is -2.07. The third kappa shape index (κ3) is 4.26. The lowest BCUT2D eigenvalue weighted by atomic mass is 10.2. The minimum absolute atomic E-state index is 0.0143. The van der Waals surface area contributed by atoms with Crippen LogP contribution in [-0.2, 0) is 4.79 Å². The Bertz CT molecular complexity index is 925. The van der Waals surface area contributed by atoms with Crippen molar-refractivity contribution in [3.63, 3.8) is 0 Å². The maximum absolute atomic E-state index is 12.0. The van der Waals surface area contributed by atoms with Crippen LogP contribution in [0.15, 0.2) is 40.1 Å². The molecular weight excluding hydrogens is 370 g/mol. The molecule has 3 aromatic rings. The molecule has 27 heavy (non-hydrogen) atoms. The molecule has 0 bridgehead atoms. The first-order chi connectivity index (χ1) is 13.1. The van der Waals surface area contributed by atoms with Crippen molar-refractivity contribution in [2.24, 2.45) is 0 Å². The van der Waals surface area contributed by atoms with E-state index >= 15 is 0 Å². The molecule has 1 amide bonds. The molecule has 0 saturated heterocycles. The van der Waals surface area contributed by atoms with Crippen molar-refractivity contribution >= 4 is 29.3 Å². The molecule has 0 spiro atoms. The maximum Gasteiger partial charge on any atom is 0.322 e. The van der Waals surface area contributed by atoms with Gasteiger partial charge in [0, 0.05) is 16.5 Å². The highest BCUT2D eigenvalue weighted by atomic mass is 32.1. The van der Waals surface area contributed by atoms with Gasteiger partial charge in [0.05, 0.1) is 21.3 Å². The summed E-state index contributed by atoms with van der Waals surface area (Å²) in [5.41, 5.74) is 0.562. The summed E-state index contributed by atoms with van der Waals surface area (Å²) in [4.78, 5) is 12.9. The number of rotatable bonds is 7. The first kappa shape index (κ1) is 18.5. The zero-order valence-electron chi connectivity index (χ0n) is 14.9. The number of hydrogen-bond acceptors (Lipinski definition) is 8. The van der Waals surface area contributed by atoms with Crippen LogP contribution in [0.25, 0.3) is 17.5 Å². The third-order valence-corrected chi connectivity index (χ3v) is 4.35. The minimum Gasteiger partial charge on any atom is -0.493 e. The summed E-state index contributed by atoms with van der Waals surface area (Å²) < 4.78 is 21.4. The Balaban J connectivity index is 1.78. The molecule has 140 valence electrons. The van der Waals surface area contributed by atoms with Crippen molar-refractivity contribution in [1.82, 2.24) is 10.2 Å². The molecule has 0 radical (unpaired) electrons. The highest BCUT2D eigenvalue weighted by Crippen LogP contribution is 2.41. The Morgan fingerprint density at radius 2 is 1.89 bits per heavy atom. The average Bonchev–Trinajstić information content (AvgIpc) is 3.37. The highest BCUT2D eigenvalue weighted by Gasteiger charge is 2.17. The number of anilines is 1. The molecule has 2 aromatic heterocycles. The van der Waals surface area contributed by atoms with Crippen LogP contribution < -0.4 is 19.5 Å². The van der Waals surface area contributed by atoms with E-state index in [2.05, 4.69) is 15.5 Å². The van der Waals surface area contributed by atoms with Crippen LogP contribution in [0.4, 0.5) is 6.01 Å². The predicted molar refractivity (Wildman–Crippen MR) is 101 cm³/mol. The zero-order valence-corrected chi connectivity index (χ0v) is 15.7. The van der Waals surface area contributed by atoms with Crippen molar-refractivity contribution in [3.8, 4) is 28.7 Å². The van der Waals surface area contributed by atoms with Crippen LogP contribution in [0.3, 0.4) is 0 Å². The third-order valence-electron chi connectivity index (χ3n) is 3.51. The number of carbonyl (C=O) groups excluding carboxylic acids is 1. The Labute approximate surface area is 159 Å². The van der Waals surface area contributed by atoms with Gasteiger partial charge in [0.15, 0.2) is 11.5 Å². The van der Waals surface area contributed by atoms with Crippen LogP contribution in [-0.4, -0.2) is 37.4 Å². The monoisotopic (exact) mass is 387 g/mol. The summed E-state index contributed by atoms with van der Waals surface area (Å²) >= 11 is 1.53. The van der Waals surface area contributed by atoms with Crippen molar-refractivity contribution in [3.05, 3.63) is 40.6 Å². The quantitative estimate of drug-likeness (QED) is 0.620. The van der Waals surface area contributed by atoms with Crippen LogP contribution >= 0.6 is 11.3 Å². The van der Waals surface area contributed by atoms with Crippen molar-refractivity contribution in [2.45, 2.75) is 0 Å². The van der Waals surface area contributed by atoms with E-state index in [1.54, 1.807) is 18.2 Å². The van der Waals surface area contributed by atoms with E-state index in [4.69, 9.17) is 18.6 Å². The van der Waals surface area contributed by atoms with E-state index < -0.39 is 0 Å². The molecule has 2 heterocycles. The fourth-order valence-electron chi connectivity index (χ4n) is 2.29. The Morgan fingerprint density at radius 3 is 2.48 bits per heavy atom. The average molecular weight is 387 g/mol. The Hall–Kier alpha value is -3.33. The number of amides is 1. The second-order valence-corrected chi connectivity index (χ2v) is 6.14. The normalized spacial score (nSPS) is 10.8. The number of methoxy groups -OCH3 is 3. The van der Waals surface area contributed by atoms with Gasteiger partial charge in [0.25, 0.3) is 5.91 Å². The number of hydrogen-bond donors (Lipinski definition) is 1. The minimum atomic E-state index is -0.372. The van der Waals surface area contributed by atoms with Crippen molar-refractivity contribution in [2.75, 3.05) is 26.6 Å². The SMILES string of the molecule is COc1cc(-c2nnc(NC(=O)C=Cc3cccs3)o2)cc(OC)c1OC. The van der Waals surface area contributed by atoms with E-state index in [0.717, 1.165) is 4.88 Å². The van der Waals surface area contributed by atoms with E-state index in [-0.39, 0.29) is 17.8 Å². The molecule has 0 saturated carbocycles. The summed E-state index contributed by atoms with van der Waals surface area (Å²) in [6.45, 7) is 0. The molecule has 1 N–H and O–H groups in total. The highest BCUT2D eigenvalue weighted by molar-refractivity contribution is 7.10. The van der Waals surface area contributed by atoms with Gasteiger partial charge < -0.3 is 18.6 Å². The molecule has 0 aliphatic carbocycles. The van der Waals surface area contributed by atoms with Crippen LogP contribution in [0.2, 0.25) is 0 Å². The van der Waals surface area contributed by atoms with Gasteiger partial charge in [-0.25, -0.2) is 0 Å². The van der Waals surface area contributed by atoms with Gasteiger partial charge in [-0.1, -0.05) is 11.2 Å². The number of benzene rings is 1. The van der Waals surface area contributed by atoms with Crippen LogP contribution in [0.5, 0.6) is 17.2 Å². The van der Waals surface area contributed by atoms with Crippen molar-refractivity contribution < 1.29 is 23.4 Å². The second-order valence-electron chi connectivity index (χ2n) is 5.16. The molecule has 9 heteroatoms. The number of carbonyl (C=O) groups is 1. The number of thiophene rings is 1. The van der Waals surface area contributed by atoms with Crippen molar-refractivity contribution in [1.29, 1.82) is 0 Å². The van der Waals surface area contributed by atoms with Gasteiger partial charge in [-0.05, 0) is 29.7 Å². The molecule has 0 aliphatic heterocycles. The summed E-state index contributed by atoms with van der Waals surface area (Å²) in [6.07, 6.45) is 3.10. The first-order valence-corrected chi connectivity index (χ1v) is 8.69. The molecule has 8 nitrogen and oxygen atoms in total. The molecule has 1 aromatic carbocycles. The van der Waals surface area contributed by atoms with Gasteiger partial charge in [0.1, 0.15) is 0 Å². The van der Waals surface area contributed by atoms with E-state index in [0.29, 0.717) is 22.8 Å². The Kier molecular flexibility index (Phi) is 5.72. The standard InChI is InChI=1S/C18H17N3O5S/c1-23-13-9-11(10-14(24-2)16(13)25-3)17-20-21-18(26-17)19-15(22)7-6-12-5-4-8-27-12/h4-10H,1-3H3,(H,19,21,22). The van der Waals surface area contributed by atoms with Gasteiger partial charge in [-0.2, -0.15) is 0 Å². The second kappa shape index (κ2) is 8.37. The zero-order chi connectivity index (χ0) is 19.2. The lowest BCUT2D eigenvalue weighted by Gasteiger charge is -2.12. The van der Waals surface area contributed by atoms with Crippen LogP contribution in [0.1, 0.15) is 4.88 Å². The molecule has 0 atom stereocenters. The number of ether oxygens (including phenoxy) is 3. The van der Waals surface area contributed by atoms with E-state index in [1.807, 2.05) is 17.5 Å². The smallest absolute Gasteiger partial charge is 0.322 e. The molecule has 3 rings (SSSR count). The maximum atomic E-state index is 12.0. The summed E-state index contributed by atoms with van der Waals surface area (Å²) in [6, 6.07) is 7.15. The molecule has 0 unspecified atom stereocenters.